The zero-order chi connectivity index (χ0) is 17.0. The second kappa shape index (κ2) is 8.07. The van der Waals surface area contributed by atoms with E-state index in [1.165, 1.54) is 18.2 Å². The van der Waals surface area contributed by atoms with E-state index in [2.05, 4.69) is 10.0 Å². The molecule has 1 aromatic carbocycles. The first-order chi connectivity index (χ1) is 10.8. The van der Waals surface area contributed by atoms with Gasteiger partial charge in [-0.05, 0) is 49.5 Å². The zero-order valence-corrected chi connectivity index (χ0v) is 15.7. The average molecular weight is 397 g/mol. The van der Waals surface area contributed by atoms with Crippen LogP contribution in [0.1, 0.15) is 19.3 Å². The van der Waals surface area contributed by atoms with Crippen LogP contribution in [-0.2, 0) is 14.8 Å². The third kappa shape index (κ3) is 5.53. The van der Waals surface area contributed by atoms with Gasteiger partial charge in [0.05, 0.1) is 5.02 Å². The van der Waals surface area contributed by atoms with Crippen molar-refractivity contribution in [1.29, 1.82) is 0 Å². The molecule has 0 radical (unpaired) electrons. The molecule has 0 spiro atoms. The highest BCUT2D eigenvalue weighted by molar-refractivity contribution is 7.98. The maximum Gasteiger partial charge on any atom is 0.242 e. The molecule has 2 rings (SSSR count). The lowest BCUT2D eigenvalue weighted by molar-refractivity contribution is -0.122. The lowest BCUT2D eigenvalue weighted by atomic mass is 10.2. The Balaban J connectivity index is 2.18. The van der Waals surface area contributed by atoms with E-state index in [0.717, 1.165) is 12.8 Å². The fourth-order valence-corrected chi connectivity index (χ4v) is 4.41. The first-order valence-electron chi connectivity index (χ1n) is 7.10. The standard InChI is InChI=1S/C14H18Cl2N2O3S2/c1-22-7-6-12(14(19)17-10-3-4-10)18-23(20,21)13-8-9(15)2-5-11(13)16/h2,5,8,10,12,18H,3-4,6-7H2,1H3,(H,17,19)/t12-/m1/s1. The number of nitrogens with one attached hydrogen (secondary N) is 2. The number of amides is 1. The van der Waals surface area contributed by atoms with Crippen LogP contribution in [0, 0.1) is 0 Å². The van der Waals surface area contributed by atoms with E-state index in [0.29, 0.717) is 12.2 Å². The number of rotatable bonds is 8. The number of carbonyl (C=O) groups excluding carboxylic acids is 1. The maximum absolute atomic E-state index is 12.5. The lowest BCUT2D eigenvalue weighted by Gasteiger charge is -2.18. The summed E-state index contributed by atoms with van der Waals surface area (Å²) in [5.74, 6) is 0.359. The molecule has 1 atom stereocenters. The van der Waals surface area contributed by atoms with Gasteiger partial charge >= 0.3 is 0 Å². The van der Waals surface area contributed by atoms with Gasteiger partial charge < -0.3 is 5.32 Å². The molecule has 128 valence electrons. The largest absolute Gasteiger partial charge is 0.352 e. The van der Waals surface area contributed by atoms with E-state index in [1.807, 2.05) is 6.26 Å². The summed E-state index contributed by atoms with van der Waals surface area (Å²) >= 11 is 13.4. The van der Waals surface area contributed by atoms with Gasteiger partial charge in [-0.2, -0.15) is 16.5 Å². The monoisotopic (exact) mass is 396 g/mol. The first-order valence-corrected chi connectivity index (χ1v) is 10.7. The second-order valence-electron chi connectivity index (χ2n) is 5.31. The van der Waals surface area contributed by atoms with Gasteiger partial charge in [0.15, 0.2) is 0 Å². The predicted octanol–water partition coefficient (Wildman–Crippen LogP) is 2.67. The summed E-state index contributed by atoms with van der Waals surface area (Å²) < 4.78 is 27.5. The van der Waals surface area contributed by atoms with Crippen molar-refractivity contribution in [3.05, 3.63) is 28.2 Å². The fourth-order valence-electron chi connectivity index (χ4n) is 1.94. The summed E-state index contributed by atoms with van der Waals surface area (Å²) in [6.45, 7) is 0. The lowest BCUT2D eigenvalue weighted by Crippen LogP contribution is -2.47. The van der Waals surface area contributed by atoms with Crippen molar-refractivity contribution in [2.45, 2.75) is 36.2 Å². The van der Waals surface area contributed by atoms with E-state index in [4.69, 9.17) is 23.2 Å². The molecule has 0 aliphatic heterocycles. The Kier molecular flexibility index (Phi) is 6.62. The van der Waals surface area contributed by atoms with Crippen molar-refractivity contribution in [1.82, 2.24) is 10.0 Å². The number of thioether (sulfide) groups is 1. The van der Waals surface area contributed by atoms with Crippen LogP contribution in [0.2, 0.25) is 10.0 Å². The molecule has 0 heterocycles. The van der Waals surface area contributed by atoms with Crippen molar-refractivity contribution in [3.8, 4) is 0 Å². The Morgan fingerprint density at radius 1 is 1.39 bits per heavy atom. The van der Waals surface area contributed by atoms with Crippen LogP contribution in [0.5, 0.6) is 0 Å². The number of hydrogen-bond donors (Lipinski definition) is 2. The molecular weight excluding hydrogens is 379 g/mol. The molecule has 1 aliphatic rings. The van der Waals surface area contributed by atoms with Crippen LogP contribution < -0.4 is 10.0 Å². The molecule has 1 aromatic rings. The normalized spacial score (nSPS) is 16.1. The Hall–Kier alpha value is -0.470. The summed E-state index contributed by atoms with van der Waals surface area (Å²) in [7, 11) is -3.94. The minimum atomic E-state index is -3.94. The third-order valence-electron chi connectivity index (χ3n) is 3.33. The Labute approximate surface area is 150 Å². The fraction of sp³-hybridized carbons (Fsp3) is 0.500. The van der Waals surface area contributed by atoms with Crippen molar-refractivity contribution in [3.63, 3.8) is 0 Å². The molecule has 2 N–H and O–H groups in total. The predicted molar refractivity (Wildman–Crippen MR) is 94.7 cm³/mol. The van der Waals surface area contributed by atoms with E-state index < -0.39 is 16.1 Å². The topological polar surface area (TPSA) is 75.3 Å². The van der Waals surface area contributed by atoms with Crippen molar-refractivity contribution in [2.75, 3.05) is 12.0 Å². The van der Waals surface area contributed by atoms with Crippen LogP contribution >= 0.6 is 35.0 Å². The number of halogens is 2. The van der Waals surface area contributed by atoms with Crippen LogP contribution in [-0.4, -0.2) is 38.4 Å². The van der Waals surface area contributed by atoms with E-state index in [9.17, 15) is 13.2 Å². The molecular formula is C14H18Cl2N2O3S2. The molecule has 1 fully saturated rings. The molecule has 0 unspecified atom stereocenters. The molecule has 5 nitrogen and oxygen atoms in total. The molecule has 1 amide bonds. The second-order valence-corrected chi connectivity index (χ2v) is 8.82. The minimum Gasteiger partial charge on any atom is -0.352 e. The van der Waals surface area contributed by atoms with Crippen LogP contribution in [0.25, 0.3) is 0 Å². The minimum absolute atomic E-state index is 0.0631. The Bertz CT molecular complexity index is 679. The van der Waals surface area contributed by atoms with E-state index in [-0.39, 0.29) is 26.9 Å². The van der Waals surface area contributed by atoms with Gasteiger partial charge in [0.2, 0.25) is 15.9 Å². The van der Waals surface area contributed by atoms with Crippen LogP contribution in [0.4, 0.5) is 0 Å². The molecule has 0 saturated heterocycles. The van der Waals surface area contributed by atoms with Crippen LogP contribution in [0.15, 0.2) is 23.1 Å². The van der Waals surface area contributed by atoms with Gasteiger partial charge in [-0.25, -0.2) is 8.42 Å². The highest BCUT2D eigenvalue weighted by Crippen LogP contribution is 2.25. The molecule has 9 heteroatoms. The van der Waals surface area contributed by atoms with Gasteiger partial charge in [0.25, 0.3) is 0 Å². The van der Waals surface area contributed by atoms with Gasteiger partial charge in [0, 0.05) is 11.1 Å². The summed E-state index contributed by atoms with van der Waals surface area (Å²) in [4.78, 5) is 12.1. The van der Waals surface area contributed by atoms with E-state index in [1.54, 1.807) is 11.8 Å². The molecule has 23 heavy (non-hydrogen) atoms. The van der Waals surface area contributed by atoms with Gasteiger partial charge in [-0.1, -0.05) is 23.2 Å². The zero-order valence-electron chi connectivity index (χ0n) is 12.5. The third-order valence-corrected chi connectivity index (χ3v) is 6.16. The Morgan fingerprint density at radius 3 is 2.70 bits per heavy atom. The smallest absolute Gasteiger partial charge is 0.242 e. The van der Waals surface area contributed by atoms with Crippen molar-refractivity contribution in [2.24, 2.45) is 0 Å². The summed E-state index contributed by atoms with van der Waals surface area (Å²) in [6.07, 6.45) is 4.18. The number of benzene rings is 1. The van der Waals surface area contributed by atoms with Crippen molar-refractivity contribution < 1.29 is 13.2 Å². The SMILES string of the molecule is CSCC[C@@H](NS(=O)(=O)c1cc(Cl)ccc1Cl)C(=O)NC1CC1. The van der Waals surface area contributed by atoms with Crippen LogP contribution in [0.3, 0.4) is 0 Å². The summed E-state index contributed by atoms with van der Waals surface area (Å²) in [5, 5.41) is 3.15. The quantitative estimate of drug-likeness (QED) is 0.707. The number of carbonyl (C=O) groups is 1. The molecule has 0 bridgehead atoms. The summed E-state index contributed by atoms with van der Waals surface area (Å²) in [6, 6.07) is 3.53. The molecule has 1 saturated carbocycles. The van der Waals surface area contributed by atoms with Gasteiger partial charge in [0.1, 0.15) is 10.9 Å². The van der Waals surface area contributed by atoms with Gasteiger partial charge in [-0.15, -0.1) is 0 Å². The average Bonchev–Trinajstić information content (AvgIpc) is 3.29. The molecule has 1 aliphatic carbocycles. The highest BCUT2D eigenvalue weighted by Gasteiger charge is 2.31. The summed E-state index contributed by atoms with van der Waals surface area (Å²) in [5.41, 5.74) is 0. The van der Waals surface area contributed by atoms with E-state index >= 15 is 0 Å². The number of hydrogen-bond acceptors (Lipinski definition) is 4. The Morgan fingerprint density at radius 2 is 2.09 bits per heavy atom. The van der Waals surface area contributed by atoms with Crippen molar-refractivity contribution >= 4 is 50.9 Å². The van der Waals surface area contributed by atoms with Gasteiger partial charge in [-0.3, -0.25) is 4.79 Å². The first kappa shape index (κ1) is 18.9. The number of sulfonamides is 1. The molecule has 0 aromatic heterocycles. The highest BCUT2D eigenvalue weighted by atomic mass is 35.5. The maximum atomic E-state index is 12.5.